The van der Waals surface area contributed by atoms with Crippen LogP contribution in [0.25, 0.3) is 0 Å². The summed E-state index contributed by atoms with van der Waals surface area (Å²) < 4.78 is 5.67. The van der Waals surface area contributed by atoms with Gasteiger partial charge in [0.15, 0.2) is 5.96 Å². The van der Waals surface area contributed by atoms with Crippen LogP contribution in [0.2, 0.25) is 0 Å². The number of aromatic nitrogens is 1. The number of hydrogen-bond acceptors (Lipinski definition) is 4. The van der Waals surface area contributed by atoms with Crippen LogP contribution in [0.3, 0.4) is 0 Å². The molecule has 0 atom stereocenters. The Balaban J connectivity index is 1.74. The third kappa shape index (κ3) is 8.26. The molecule has 2 heterocycles. The van der Waals surface area contributed by atoms with Gasteiger partial charge in [0.25, 0.3) is 0 Å². The molecule has 6 nitrogen and oxygen atoms in total. The molecule has 1 aromatic rings. The van der Waals surface area contributed by atoms with E-state index in [1.165, 1.54) is 11.1 Å². The number of nitrogens with zero attached hydrogens (tertiary/aromatic N) is 3. The largest absolute Gasteiger partial charge is 0.377 e. The first-order valence-corrected chi connectivity index (χ1v) is 10.4. The minimum Gasteiger partial charge on any atom is -0.377 e. The minimum absolute atomic E-state index is 0.319. The van der Waals surface area contributed by atoms with Gasteiger partial charge in [-0.1, -0.05) is 0 Å². The van der Waals surface area contributed by atoms with Crippen molar-refractivity contribution in [2.24, 2.45) is 4.99 Å². The molecular formula is C21H37N5O. The van der Waals surface area contributed by atoms with Gasteiger partial charge in [-0.15, -0.1) is 0 Å². The maximum Gasteiger partial charge on any atom is 0.191 e. The van der Waals surface area contributed by atoms with Gasteiger partial charge in [-0.05, 0) is 64.2 Å². The van der Waals surface area contributed by atoms with E-state index >= 15 is 0 Å². The quantitative estimate of drug-likeness (QED) is 0.513. The molecule has 6 heteroatoms. The fourth-order valence-electron chi connectivity index (χ4n) is 3.30. The summed E-state index contributed by atoms with van der Waals surface area (Å²) in [4.78, 5) is 11.4. The topological polar surface area (TPSA) is 61.8 Å². The number of aryl methyl sites for hydroxylation is 1. The molecule has 1 aliphatic rings. The molecule has 0 bridgehead atoms. The van der Waals surface area contributed by atoms with Crippen molar-refractivity contribution in [1.29, 1.82) is 0 Å². The van der Waals surface area contributed by atoms with Gasteiger partial charge in [0.1, 0.15) is 0 Å². The molecule has 0 aromatic carbocycles. The van der Waals surface area contributed by atoms with Crippen molar-refractivity contribution in [1.82, 2.24) is 20.5 Å². The molecule has 0 spiro atoms. The lowest BCUT2D eigenvalue weighted by molar-refractivity contribution is 0.0532. The number of piperidine rings is 1. The van der Waals surface area contributed by atoms with Crippen molar-refractivity contribution in [2.75, 3.05) is 39.3 Å². The molecule has 1 aromatic heterocycles. The van der Waals surface area contributed by atoms with E-state index in [0.717, 1.165) is 64.6 Å². The third-order valence-corrected chi connectivity index (χ3v) is 4.92. The molecular weight excluding hydrogens is 338 g/mol. The maximum atomic E-state index is 5.67. The van der Waals surface area contributed by atoms with Crippen LogP contribution in [0.1, 0.15) is 44.7 Å². The molecule has 0 saturated carbocycles. The van der Waals surface area contributed by atoms with E-state index in [0.29, 0.717) is 12.1 Å². The lowest BCUT2D eigenvalue weighted by atomic mass is 10.1. The van der Waals surface area contributed by atoms with Crippen molar-refractivity contribution in [3.8, 4) is 0 Å². The predicted molar refractivity (Wildman–Crippen MR) is 112 cm³/mol. The van der Waals surface area contributed by atoms with Crippen LogP contribution >= 0.6 is 0 Å². The van der Waals surface area contributed by atoms with Crippen molar-refractivity contribution >= 4 is 5.96 Å². The van der Waals surface area contributed by atoms with Crippen LogP contribution in [0, 0.1) is 6.92 Å². The molecule has 2 rings (SSSR count). The van der Waals surface area contributed by atoms with E-state index in [1.807, 2.05) is 12.4 Å². The molecule has 0 radical (unpaired) electrons. The summed E-state index contributed by atoms with van der Waals surface area (Å²) in [5, 5.41) is 7.00. The Labute approximate surface area is 164 Å². The van der Waals surface area contributed by atoms with E-state index in [1.54, 1.807) is 0 Å². The van der Waals surface area contributed by atoms with Gasteiger partial charge in [0.2, 0.25) is 0 Å². The van der Waals surface area contributed by atoms with E-state index in [9.17, 15) is 0 Å². The fourth-order valence-corrected chi connectivity index (χ4v) is 3.30. The Kier molecular flexibility index (Phi) is 9.56. The summed E-state index contributed by atoms with van der Waals surface area (Å²) in [5.74, 6) is 0.936. The molecule has 2 N–H and O–H groups in total. The zero-order valence-electron chi connectivity index (χ0n) is 17.5. The number of likely N-dealkylation sites (tertiary alicyclic amines) is 1. The van der Waals surface area contributed by atoms with Crippen molar-refractivity contribution in [3.63, 3.8) is 0 Å². The first-order valence-electron chi connectivity index (χ1n) is 10.4. The first-order chi connectivity index (χ1) is 13.1. The highest BCUT2D eigenvalue weighted by atomic mass is 16.5. The molecule has 0 aliphatic carbocycles. The second-order valence-electron chi connectivity index (χ2n) is 7.49. The van der Waals surface area contributed by atoms with E-state index in [4.69, 9.17) is 9.73 Å². The molecule has 1 aliphatic heterocycles. The van der Waals surface area contributed by atoms with Gasteiger partial charge < -0.3 is 20.3 Å². The van der Waals surface area contributed by atoms with E-state index < -0.39 is 0 Å². The summed E-state index contributed by atoms with van der Waals surface area (Å²) in [6.07, 6.45) is 7.33. The molecule has 0 amide bonds. The SMILES string of the molecule is CCNC(=NCCc1ccncc1C)NC1CCN(CCOC(C)C)CC1. The summed E-state index contributed by atoms with van der Waals surface area (Å²) in [7, 11) is 0. The standard InChI is InChI=1S/C21H37N5O/c1-5-23-21(24-11-7-19-6-10-22-16-18(19)4)25-20-8-12-26(13-9-20)14-15-27-17(2)3/h6,10,16-17,20H,5,7-9,11-15H2,1-4H3,(H2,23,24,25). The normalized spacial score (nSPS) is 16.7. The monoisotopic (exact) mass is 375 g/mol. The average molecular weight is 376 g/mol. The van der Waals surface area contributed by atoms with Gasteiger partial charge in [0, 0.05) is 51.2 Å². The van der Waals surface area contributed by atoms with Crippen molar-refractivity contribution < 1.29 is 4.74 Å². The Morgan fingerprint density at radius 1 is 1.37 bits per heavy atom. The highest BCUT2D eigenvalue weighted by Gasteiger charge is 2.19. The van der Waals surface area contributed by atoms with Crippen LogP contribution in [-0.4, -0.2) is 67.3 Å². The number of ether oxygens (including phenoxy) is 1. The molecule has 0 unspecified atom stereocenters. The number of rotatable bonds is 9. The van der Waals surface area contributed by atoms with Gasteiger partial charge in [-0.2, -0.15) is 0 Å². The fraction of sp³-hybridized carbons (Fsp3) is 0.714. The van der Waals surface area contributed by atoms with Crippen molar-refractivity contribution in [2.45, 2.75) is 59.1 Å². The number of guanidine groups is 1. The van der Waals surface area contributed by atoms with Crippen LogP contribution in [-0.2, 0) is 11.2 Å². The highest BCUT2D eigenvalue weighted by molar-refractivity contribution is 5.80. The van der Waals surface area contributed by atoms with Gasteiger partial charge in [-0.25, -0.2) is 0 Å². The van der Waals surface area contributed by atoms with Gasteiger partial charge in [-0.3, -0.25) is 9.98 Å². The van der Waals surface area contributed by atoms with Crippen LogP contribution in [0.15, 0.2) is 23.5 Å². The number of hydrogen-bond donors (Lipinski definition) is 2. The highest BCUT2D eigenvalue weighted by Crippen LogP contribution is 2.10. The zero-order valence-corrected chi connectivity index (χ0v) is 17.5. The lowest BCUT2D eigenvalue weighted by Gasteiger charge is -2.33. The van der Waals surface area contributed by atoms with Crippen LogP contribution < -0.4 is 10.6 Å². The Hall–Kier alpha value is -1.66. The Bertz CT molecular complexity index is 567. The summed E-state index contributed by atoms with van der Waals surface area (Å²) in [6, 6.07) is 2.58. The van der Waals surface area contributed by atoms with Crippen LogP contribution in [0.4, 0.5) is 0 Å². The summed E-state index contributed by atoms with van der Waals surface area (Å²) in [6.45, 7) is 14.2. The molecule has 152 valence electrons. The summed E-state index contributed by atoms with van der Waals surface area (Å²) in [5.41, 5.74) is 2.56. The Morgan fingerprint density at radius 3 is 2.81 bits per heavy atom. The Morgan fingerprint density at radius 2 is 2.15 bits per heavy atom. The summed E-state index contributed by atoms with van der Waals surface area (Å²) >= 11 is 0. The smallest absolute Gasteiger partial charge is 0.191 e. The van der Waals surface area contributed by atoms with E-state index in [-0.39, 0.29) is 0 Å². The lowest BCUT2D eigenvalue weighted by Crippen LogP contribution is -2.49. The second kappa shape index (κ2) is 11.9. The van der Waals surface area contributed by atoms with Crippen molar-refractivity contribution in [3.05, 3.63) is 29.6 Å². The third-order valence-electron chi connectivity index (χ3n) is 4.92. The maximum absolute atomic E-state index is 5.67. The minimum atomic E-state index is 0.319. The first kappa shape index (κ1) is 21.6. The van der Waals surface area contributed by atoms with E-state index in [2.05, 4.69) is 54.3 Å². The van der Waals surface area contributed by atoms with Crippen LogP contribution in [0.5, 0.6) is 0 Å². The number of pyridine rings is 1. The van der Waals surface area contributed by atoms with Gasteiger partial charge >= 0.3 is 0 Å². The molecule has 27 heavy (non-hydrogen) atoms. The number of nitrogens with one attached hydrogen (secondary N) is 2. The number of aliphatic imine (C=N–C) groups is 1. The second-order valence-corrected chi connectivity index (χ2v) is 7.49. The molecule has 1 saturated heterocycles. The average Bonchev–Trinajstić information content (AvgIpc) is 2.64. The van der Waals surface area contributed by atoms with Gasteiger partial charge in [0.05, 0.1) is 12.7 Å². The zero-order chi connectivity index (χ0) is 19.5. The predicted octanol–water partition coefficient (Wildman–Crippen LogP) is 2.38. The molecule has 1 fully saturated rings.